The summed E-state index contributed by atoms with van der Waals surface area (Å²) in [7, 11) is -1.21. The van der Waals surface area contributed by atoms with Crippen molar-refractivity contribution in [2.75, 3.05) is 0 Å². The van der Waals surface area contributed by atoms with Crippen LogP contribution in [-0.4, -0.2) is 15.8 Å². The molecule has 1 aliphatic rings. The summed E-state index contributed by atoms with van der Waals surface area (Å²) in [6.07, 6.45) is 5.63. The molecule has 0 bridgehead atoms. The first-order valence-corrected chi connectivity index (χ1v) is 7.09. The van der Waals surface area contributed by atoms with Gasteiger partial charge in [-0.2, -0.15) is 0 Å². The molecule has 0 saturated heterocycles. The molecule has 0 fully saturated rings. The molecule has 0 aliphatic heterocycles. The number of carbonyl (C=O) groups excluding carboxylic acids is 1. The van der Waals surface area contributed by atoms with Crippen molar-refractivity contribution in [1.82, 2.24) is 5.32 Å². The normalized spacial score (nSPS) is 23.6. The summed E-state index contributed by atoms with van der Waals surface area (Å²) in [5, 5.41) is 2.67. The van der Waals surface area contributed by atoms with E-state index in [1.54, 1.807) is 18.2 Å². The molecule has 0 radical (unpaired) electrons. The van der Waals surface area contributed by atoms with E-state index in [4.69, 9.17) is 5.73 Å². The molecule has 0 heterocycles. The summed E-state index contributed by atoms with van der Waals surface area (Å²) in [6, 6.07) is 9.23. The van der Waals surface area contributed by atoms with Crippen molar-refractivity contribution in [3.05, 3.63) is 53.5 Å². The molecule has 100 valence electrons. The van der Waals surface area contributed by atoms with Gasteiger partial charge in [0.05, 0.1) is 10.8 Å². The molecule has 5 heteroatoms. The lowest BCUT2D eigenvalue weighted by Gasteiger charge is -2.28. The highest BCUT2D eigenvalue weighted by atomic mass is 32.2. The zero-order valence-electron chi connectivity index (χ0n) is 10.6. The van der Waals surface area contributed by atoms with E-state index in [9.17, 15) is 9.00 Å². The third kappa shape index (κ3) is 3.39. The number of nitrogens with one attached hydrogen (secondary N) is 1. The van der Waals surface area contributed by atoms with Gasteiger partial charge >= 0.3 is 0 Å². The molecular formula is C14H16N2O2S. The van der Waals surface area contributed by atoms with E-state index in [1.165, 1.54) is 6.92 Å². The van der Waals surface area contributed by atoms with Crippen LogP contribution < -0.4 is 11.1 Å². The Labute approximate surface area is 114 Å². The maximum atomic E-state index is 12.3. The summed E-state index contributed by atoms with van der Waals surface area (Å²) in [5.74, 6) is -0.187. The highest BCUT2D eigenvalue weighted by Gasteiger charge is 2.25. The minimum Gasteiger partial charge on any atom is -0.335 e. The molecule has 1 aliphatic carbocycles. The molecule has 19 heavy (non-hydrogen) atoms. The zero-order valence-corrected chi connectivity index (χ0v) is 11.4. The maximum Gasteiger partial charge on any atom is 0.218 e. The second-order valence-electron chi connectivity index (χ2n) is 4.45. The van der Waals surface area contributed by atoms with Gasteiger partial charge in [-0.05, 0) is 24.3 Å². The summed E-state index contributed by atoms with van der Waals surface area (Å²) in [6.45, 7) is 1.42. The van der Waals surface area contributed by atoms with Crippen LogP contribution in [0.1, 0.15) is 13.3 Å². The predicted octanol–water partition coefficient (Wildman–Crippen LogP) is 1.43. The van der Waals surface area contributed by atoms with Crippen molar-refractivity contribution in [3.8, 4) is 0 Å². The Morgan fingerprint density at radius 2 is 2.05 bits per heavy atom. The van der Waals surface area contributed by atoms with Crippen LogP contribution in [0.5, 0.6) is 0 Å². The number of carbonyl (C=O) groups is 1. The van der Waals surface area contributed by atoms with Crippen LogP contribution in [0.3, 0.4) is 0 Å². The fourth-order valence-electron chi connectivity index (χ4n) is 1.87. The molecular weight excluding hydrogens is 260 g/mol. The smallest absolute Gasteiger partial charge is 0.218 e. The van der Waals surface area contributed by atoms with E-state index >= 15 is 0 Å². The number of benzene rings is 1. The molecule has 2 rings (SSSR count). The monoisotopic (exact) mass is 276 g/mol. The van der Waals surface area contributed by atoms with Crippen molar-refractivity contribution in [2.24, 2.45) is 5.73 Å². The van der Waals surface area contributed by atoms with Crippen LogP contribution in [0.2, 0.25) is 0 Å². The minimum absolute atomic E-state index is 0.187. The Balaban J connectivity index is 2.12. The molecule has 3 N–H and O–H groups in total. The minimum atomic E-state index is -1.21. The number of hydrogen-bond acceptors (Lipinski definition) is 3. The summed E-state index contributed by atoms with van der Waals surface area (Å²) in [4.78, 5) is 12.5. The van der Waals surface area contributed by atoms with Gasteiger partial charge in [0.15, 0.2) is 0 Å². The van der Waals surface area contributed by atoms with Gasteiger partial charge in [0.1, 0.15) is 5.66 Å². The largest absolute Gasteiger partial charge is 0.335 e. The highest BCUT2D eigenvalue weighted by Crippen LogP contribution is 2.22. The van der Waals surface area contributed by atoms with Crippen molar-refractivity contribution in [1.29, 1.82) is 0 Å². The topological polar surface area (TPSA) is 72.2 Å². The summed E-state index contributed by atoms with van der Waals surface area (Å²) < 4.78 is 12.3. The van der Waals surface area contributed by atoms with Gasteiger partial charge in [0.25, 0.3) is 0 Å². The summed E-state index contributed by atoms with van der Waals surface area (Å²) >= 11 is 0. The van der Waals surface area contributed by atoms with Crippen LogP contribution >= 0.6 is 0 Å². The number of nitrogens with two attached hydrogens (primary N) is 1. The zero-order chi connectivity index (χ0) is 13.9. The quantitative estimate of drug-likeness (QED) is 0.820. The molecule has 0 unspecified atom stereocenters. The van der Waals surface area contributed by atoms with E-state index in [-0.39, 0.29) is 5.91 Å². The SMILES string of the molecule is CC(=O)N[C@]1(N)C=CC([S@](=O)c2ccccc2)=CC1. The highest BCUT2D eigenvalue weighted by molar-refractivity contribution is 7.89. The number of allylic oxidation sites excluding steroid dienone is 1. The molecule has 2 atom stereocenters. The lowest BCUT2D eigenvalue weighted by molar-refractivity contribution is -0.120. The third-order valence-corrected chi connectivity index (χ3v) is 4.20. The van der Waals surface area contributed by atoms with Gasteiger partial charge in [-0.3, -0.25) is 4.79 Å². The molecule has 1 aromatic rings. The average Bonchev–Trinajstić information content (AvgIpc) is 2.38. The second kappa shape index (κ2) is 5.50. The van der Waals surface area contributed by atoms with E-state index in [0.717, 1.165) is 4.90 Å². The predicted molar refractivity (Wildman–Crippen MR) is 75.4 cm³/mol. The van der Waals surface area contributed by atoms with Crippen LogP contribution in [-0.2, 0) is 15.6 Å². The third-order valence-electron chi connectivity index (χ3n) is 2.77. The molecule has 0 aromatic heterocycles. The maximum absolute atomic E-state index is 12.3. The fourth-order valence-corrected chi connectivity index (χ4v) is 2.98. The first kappa shape index (κ1) is 13.7. The van der Waals surface area contributed by atoms with Crippen molar-refractivity contribution >= 4 is 16.7 Å². The molecule has 0 spiro atoms. The Bertz CT molecular complexity index is 566. The van der Waals surface area contributed by atoms with Gasteiger partial charge in [-0.25, -0.2) is 4.21 Å². The number of rotatable bonds is 3. The van der Waals surface area contributed by atoms with Crippen LogP contribution in [0.15, 0.2) is 58.4 Å². The van der Waals surface area contributed by atoms with Crippen LogP contribution in [0, 0.1) is 0 Å². The van der Waals surface area contributed by atoms with Crippen molar-refractivity contribution < 1.29 is 9.00 Å². The van der Waals surface area contributed by atoms with Gasteiger partial charge in [0.2, 0.25) is 5.91 Å². The Hall–Kier alpha value is -1.72. The van der Waals surface area contributed by atoms with Crippen LogP contribution in [0.4, 0.5) is 0 Å². The van der Waals surface area contributed by atoms with Crippen molar-refractivity contribution in [2.45, 2.75) is 23.9 Å². The van der Waals surface area contributed by atoms with E-state index in [0.29, 0.717) is 11.3 Å². The number of hydrogen-bond donors (Lipinski definition) is 2. The van der Waals surface area contributed by atoms with Crippen molar-refractivity contribution in [3.63, 3.8) is 0 Å². The van der Waals surface area contributed by atoms with Gasteiger partial charge in [-0.15, -0.1) is 0 Å². The fraction of sp³-hybridized carbons (Fsp3) is 0.214. The lowest BCUT2D eigenvalue weighted by atomic mass is 10.0. The Morgan fingerprint density at radius 3 is 2.58 bits per heavy atom. The van der Waals surface area contributed by atoms with E-state index < -0.39 is 16.5 Å². The van der Waals surface area contributed by atoms with Gasteiger partial charge < -0.3 is 11.1 Å². The standard InChI is InChI=1S/C14H16N2O2S/c1-11(17)16-14(15)9-7-13(8-10-14)19(18)12-5-3-2-4-6-12/h2-9H,10,15H2,1H3,(H,16,17)/t14-,19-/m1/s1. The Morgan fingerprint density at radius 1 is 1.37 bits per heavy atom. The molecule has 1 aromatic carbocycles. The van der Waals surface area contributed by atoms with Gasteiger partial charge in [0, 0.05) is 23.1 Å². The van der Waals surface area contributed by atoms with Gasteiger partial charge in [-0.1, -0.05) is 24.3 Å². The number of amides is 1. The van der Waals surface area contributed by atoms with Crippen LogP contribution in [0.25, 0.3) is 0 Å². The lowest BCUT2D eigenvalue weighted by Crippen LogP contribution is -2.54. The molecule has 4 nitrogen and oxygen atoms in total. The first-order chi connectivity index (χ1) is 9.00. The van der Waals surface area contributed by atoms with E-state index in [1.807, 2.05) is 30.3 Å². The van der Waals surface area contributed by atoms with E-state index in [2.05, 4.69) is 5.32 Å². The Kier molecular flexibility index (Phi) is 3.97. The molecule has 1 amide bonds. The molecule has 0 saturated carbocycles. The average molecular weight is 276 g/mol. The second-order valence-corrected chi connectivity index (χ2v) is 5.93. The first-order valence-electron chi connectivity index (χ1n) is 5.94. The summed E-state index contributed by atoms with van der Waals surface area (Å²) in [5.41, 5.74) is 5.12.